The number of nitrogens with one attached hydrogen (secondary N) is 1. The van der Waals surface area contributed by atoms with Crippen LogP contribution in [0, 0.1) is 23.0 Å². The first-order valence-electron chi connectivity index (χ1n) is 8.18. The maximum Gasteiger partial charge on any atom is 0.227 e. The van der Waals surface area contributed by atoms with E-state index in [1.807, 2.05) is 0 Å². The third-order valence-electron chi connectivity index (χ3n) is 3.84. The van der Waals surface area contributed by atoms with Gasteiger partial charge in [0.15, 0.2) is 0 Å². The highest BCUT2D eigenvalue weighted by Gasteiger charge is 2.19. The number of aromatic nitrogens is 2. The number of rotatable bonds is 6. The van der Waals surface area contributed by atoms with Crippen molar-refractivity contribution in [2.75, 3.05) is 0 Å². The van der Waals surface area contributed by atoms with Gasteiger partial charge in [-0.05, 0) is 30.3 Å². The van der Waals surface area contributed by atoms with Crippen molar-refractivity contribution >= 4 is 17.5 Å². The van der Waals surface area contributed by atoms with Gasteiger partial charge in [-0.15, -0.1) is 0 Å². The Hall–Kier alpha value is -3.31. The molecule has 1 amide bonds. The van der Waals surface area contributed by atoms with Crippen molar-refractivity contribution in [1.29, 1.82) is 5.26 Å². The standard InChI is InChI=1S/C19H13ClF2N4O2/c20-12-3-1-11(2-4-12)19-25-18(28-26-19)8-7-17(27)24-16(10-23)14-6-5-13(21)9-15(14)22/h1-6,9,16H,7-8H2,(H,24,27). The minimum absolute atomic E-state index is 0.0523. The molecule has 1 atom stereocenters. The zero-order chi connectivity index (χ0) is 20.1. The van der Waals surface area contributed by atoms with Crippen LogP contribution in [0.1, 0.15) is 23.9 Å². The summed E-state index contributed by atoms with van der Waals surface area (Å²) in [7, 11) is 0. The SMILES string of the molecule is N#CC(NC(=O)CCc1nc(-c2ccc(Cl)cc2)no1)c1ccc(F)cc1F. The van der Waals surface area contributed by atoms with E-state index in [0.717, 1.165) is 12.1 Å². The van der Waals surface area contributed by atoms with Crippen LogP contribution in [-0.2, 0) is 11.2 Å². The van der Waals surface area contributed by atoms with Gasteiger partial charge in [-0.3, -0.25) is 4.79 Å². The number of aryl methyl sites for hydroxylation is 1. The monoisotopic (exact) mass is 402 g/mol. The summed E-state index contributed by atoms with van der Waals surface area (Å²) in [6.45, 7) is 0. The number of nitriles is 1. The molecule has 1 N–H and O–H groups in total. The Morgan fingerprint density at radius 3 is 2.68 bits per heavy atom. The quantitative estimate of drug-likeness (QED) is 0.673. The van der Waals surface area contributed by atoms with E-state index >= 15 is 0 Å². The highest BCUT2D eigenvalue weighted by atomic mass is 35.5. The van der Waals surface area contributed by atoms with Gasteiger partial charge in [-0.25, -0.2) is 8.78 Å². The van der Waals surface area contributed by atoms with Crippen molar-refractivity contribution in [3.8, 4) is 17.5 Å². The first kappa shape index (κ1) is 19.5. The van der Waals surface area contributed by atoms with Crippen LogP contribution in [0.15, 0.2) is 47.0 Å². The third kappa shape index (κ3) is 4.69. The van der Waals surface area contributed by atoms with Crippen LogP contribution >= 0.6 is 11.6 Å². The summed E-state index contributed by atoms with van der Waals surface area (Å²) in [5.74, 6) is -1.59. The Labute approximate surface area is 163 Å². The average Bonchev–Trinajstić information content (AvgIpc) is 3.14. The van der Waals surface area contributed by atoms with Gasteiger partial charge in [0, 0.05) is 35.1 Å². The van der Waals surface area contributed by atoms with E-state index in [-0.39, 0.29) is 24.3 Å². The van der Waals surface area contributed by atoms with E-state index in [2.05, 4.69) is 15.5 Å². The van der Waals surface area contributed by atoms with Crippen LogP contribution in [0.2, 0.25) is 5.02 Å². The normalized spacial score (nSPS) is 11.6. The van der Waals surface area contributed by atoms with Crippen molar-refractivity contribution in [1.82, 2.24) is 15.5 Å². The highest BCUT2D eigenvalue weighted by Crippen LogP contribution is 2.20. The summed E-state index contributed by atoms with van der Waals surface area (Å²) in [6.07, 6.45) is 0.0831. The highest BCUT2D eigenvalue weighted by molar-refractivity contribution is 6.30. The number of hydrogen-bond donors (Lipinski definition) is 1. The molecular formula is C19H13ClF2N4O2. The van der Waals surface area contributed by atoms with Gasteiger partial charge in [0.25, 0.3) is 0 Å². The average molecular weight is 403 g/mol. The van der Waals surface area contributed by atoms with Gasteiger partial charge >= 0.3 is 0 Å². The lowest BCUT2D eigenvalue weighted by Gasteiger charge is -2.12. The molecule has 2 aromatic carbocycles. The van der Waals surface area contributed by atoms with Gasteiger partial charge in [0.05, 0.1) is 6.07 Å². The maximum atomic E-state index is 13.8. The molecule has 1 unspecified atom stereocenters. The van der Waals surface area contributed by atoms with Crippen molar-refractivity contribution in [2.45, 2.75) is 18.9 Å². The summed E-state index contributed by atoms with van der Waals surface area (Å²) >= 11 is 5.83. The van der Waals surface area contributed by atoms with Gasteiger partial charge in [0.2, 0.25) is 17.6 Å². The van der Waals surface area contributed by atoms with Crippen molar-refractivity contribution in [3.05, 3.63) is 70.6 Å². The minimum atomic E-state index is -1.24. The van der Waals surface area contributed by atoms with E-state index in [9.17, 15) is 18.8 Å². The Morgan fingerprint density at radius 1 is 1.25 bits per heavy atom. The summed E-state index contributed by atoms with van der Waals surface area (Å²) in [4.78, 5) is 16.3. The smallest absolute Gasteiger partial charge is 0.227 e. The fourth-order valence-electron chi connectivity index (χ4n) is 2.44. The van der Waals surface area contributed by atoms with Crippen LogP contribution in [0.3, 0.4) is 0 Å². The van der Waals surface area contributed by atoms with Crippen LogP contribution < -0.4 is 5.32 Å². The second-order valence-electron chi connectivity index (χ2n) is 5.81. The largest absolute Gasteiger partial charge is 0.339 e. The Balaban J connectivity index is 1.59. The van der Waals surface area contributed by atoms with E-state index in [4.69, 9.17) is 16.1 Å². The molecule has 1 heterocycles. The predicted octanol–water partition coefficient (Wildman–Crippen LogP) is 3.98. The lowest BCUT2D eigenvalue weighted by molar-refractivity contribution is -0.121. The van der Waals surface area contributed by atoms with Gasteiger partial charge < -0.3 is 9.84 Å². The molecule has 1 aromatic heterocycles. The topological polar surface area (TPSA) is 91.8 Å². The molecule has 0 fully saturated rings. The molecule has 0 radical (unpaired) electrons. The molecule has 0 aliphatic heterocycles. The summed E-state index contributed by atoms with van der Waals surface area (Å²) < 4.78 is 31.9. The first-order valence-corrected chi connectivity index (χ1v) is 8.56. The first-order chi connectivity index (χ1) is 13.5. The second kappa shape index (κ2) is 8.59. The Morgan fingerprint density at radius 2 is 2.00 bits per heavy atom. The molecule has 0 saturated heterocycles. The molecule has 0 saturated carbocycles. The summed E-state index contributed by atoms with van der Waals surface area (Å²) in [5, 5.41) is 16.0. The molecule has 3 rings (SSSR count). The van der Waals surface area contributed by atoms with Crippen molar-refractivity contribution in [2.24, 2.45) is 0 Å². The fourth-order valence-corrected chi connectivity index (χ4v) is 2.57. The fraction of sp³-hybridized carbons (Fsp3) is 0.158. The van der Waals surface area contributed by atoms with E-state index < -0.39 is 23.6 Å². The van der Waals surface area contributed by atoms with Crippen LogP contribution in [0.5, 0.6) is 0 Å². The van der Waals surface area contributed by atoms with Crippen molar-refractivity contribution in [3.63, 3.8) is 0 Å². The number of hydrogen-bond acceptors (Lipinski definition) is 5. The lowest BCUT2D eigenvalue weighted by atomic mass is 10.1. The lowest BCUT2D eigenvalue weighted by Crippen LogP contribution is -2.28. The van der Waals surface area contributed by atoms with Crippen LogP contribution in [0.4, 0.5) is 8.78 Å². The van der Waals surface area contributed by atoms with E-state index in [1.54, 1.807) is 30.3 Å². The maximum absolute atomic E-state index is 13.8. The molecule has 3 aromatic rings. The van der Waals surface area contributed by atoms with Crippen LogP contribution in [0.25, 0.3) is 11.4 Å². The molecule has 0 aliphatic carbocycles. The summed E-state index contributed by atoms with van der Waals surface area (Å²) in [5.41, 5.74) is 0.597. The number of amides is 1. The molecule has 0 spiro atoms. The zero-order valence-electron chi connectivity index (χ0n) is 14.3. The van der Waals surface area contributed by atoms with E-state index in [1.165, 1.54) is 0 Å². The molecule has 6 nitrogen and oxygen atoms in total. The van der Waals surface area contributed by atoms with Gasteiger partial charge in [-0.1, -0.05) is 22.8 Å². The van der Waals surface area contributed by atoms with Crippen LogP contribution in [-0.4, -0.2) is 16.0 Å². The molecule has 28 heavy (non-hydrogen) atoms. The third-order valence-corrected chi connectivity index (χ3v) is 4.10. The Bertz CT molecular complexity index is 1030. The number of carbonyl (C=O) groups is 1. The summed E-state index contributed by atoms with van der Waals surface area (Å²) in [6, 6.07) is 10.2. The van der Waals surface area contributed by atoms with Gasteiger partial charge in [-0.2, -0.15) is 10.2 Å². The Kier molecular flexibility index (Phi) is 5.96. The molecule has 9 heteroatoms. The van der Waals surface area contributed by atoms with E-state index in [0.29, 0.717) is 22.5 Å². The molecule has 0 aliphatic rings. The van der Waals surface area contributed by atoms with Crippen molar-refractivity contribution < 1.29 is 18.1 Å². The van der Waals surface area contributed by atoms with Gasteiger partial charge in [0.1, 0.15) is 17.7 Å². The second-order valence-corrected chi connectivity index (χ2v) is 6.25. The molecule has 142 valence electrons. The molecular weight excluding hydrogens is 390 g/mol. The number of carbonyl (C=O) groups excluding carboxylic acids is 1. The zero-order valence-corrected chi connectivity index (χ0v) is 15.1. The predicted molar refractivity (Wildman–Crippen MR) is 95.9 cm³/mol. The number of nitrogens with zero attached hydrogens (tertiary/aromatic N) is 3. The number of benzene rings is 2. The minimum Gasteiger partial charge on any atom is -0.339 e. The molecule has 0 bridgehead atoms. The number of halogens is 3.